The number of quaternary nitrogens is 1. The number of rotatable bonds is 16. The third-order valence-corrected chi connectivity index (χ3v) is 5.99. The third kappa shape index (κ3) is 10.4. The van der Waals surface area contributed by atoms with Gasteiger partial charge in [-0.1, -0.05) is 84.5 Å². The average Bonchev–Trinajstić information content (AvgIpc) is 3.03. The second-order valence-corrected chi connectivity index (χ2v) is 8.19. The van der Waals surface area contributed by atoms with E-state index in [1.54, 1.807) is 0 Å². The predicted molar refractivity (Wildman–Crippen MR) is 105 cm³/mol. The second kappa shape index (κ2) is 14.3. The van der Waals surface area contributed by atoms with Gasteiger partial charge in [0.1, 0.15) is 0 Å². The fourth-order valence-electron chi connectivity index (χ4n) is 4.35. The van der Waals surface area contributed by atoms with Gasteiger partial charge >= 0.3 is 0 Å². The zero-order valence-electron chi connectivity index (χ0n) is 16.6. The highest BCUT2D eigenvalue weighted by Crippen LogP contribution is 2.22. The summed E-state index contributed by atoms with van der Waals surface area (Å²) in [5.74, 6) is 0. The van der Waals surface area contributed by atoms with Gasteiger partial charge in [-0.15, -0.1) is 0 Å². The molecule has 0 amide bonds. The van der Waals surface area contributed by atoms with Gasteiger partial charge in [0.15, 0.2) is 0 Å². The molecule has 0 aromatic carbocycles. The normalized spacial score (nSPS) is 17.0. The number of likely N-dealkylation sites (tertiary alicyclic amines) is 1. The molecule has 0 unspecified atom stereocenters. The Labute approximate surface area is 147 Å². The van der Waals surface area contributed by atoms with Crippen LogP contribution in [0.25, 0.3) is 0 Å². The van der Waals surface area contributed by atoms with Crippen molar-refractivity contribution in [3.63, 3.8) is 0 Å². The van der Waals surface area contributed by atoms with Crippen molar-refractivity contribution in [1.29, 1.82) is 0 Å². The molecule has 1 saturated heterocycles. The molecule has 0 atom stereocenters. The Bertz CT molecular complexity index is 242. The van der Waals surface area contributed by atoms with E-state index in [2.05, 4.69) is 13.8 Å². The summed E-state index contributed by atoms with van der Waals surface area (Å²) in [6.45, 7) is 10.6. The van der Waals surface area contributed by atoms with Crippen molar-refractivity contribution in [1.82, 2.24) is 0 Å². The van der Waals surface area contributed by atoms with E-state index in [1.807, 2.05) is 0 Å². The molecule has 1 nitrogen and oxygen atoms in total. The van der Waals surface area contributed by atoms with Crippen molar-refractivity contribution >= 4 is 0 Å². The van der Waals surface area contributed by atoms with Crippen LogP contribution in [0.3, 0.4) is 0 Å². The Morgan fingerprint density at radius 2 is 0.870 bits per heavy atom. The highest BCUT2D eigenvalue weighted by Gasteiger charge is 2.30. The molecule has 1 aliphatic rings. The molecular formula is C22H46N+. The Morgan fingerprint density at radius 1 is 0.478 bits per heavy atom. The molecular weight excluding hydrogens is 278 g/mol. The topological polar surface area (TPSA) is 0 Å². The molecule has 0 radical (unpaired) electrons. The van der Waals surface area contributed by atoms with Gasteiger partial charge in [0, 0.05) is 12.8 Å². The highest BCUT2D eigenvalue weighted by atomic mass is 15.4. The van der Waals surface area contributed by atoms with Crippen molar-refractivity contribution in [2.75, 3.05) is 26.2 Å². The van der Waals surface area contributed by atoms with E-state index in [-0.39, 0.29) is 0 Å². The highest BCUT2D eigenvalue weighted by molar-refractivity contribution is 4.56. The van der Waals surface area contributed by atoms with Crippen LogP contribution in [0.15, 0.2) is 0 Å². The maximum atomic E-state index is 2.34. The van der Waals surface area contributed by atoms with Gasteiger partial charge in [-0.05, 0) is 19.3 Å². The lowest BCUT2D eigenvalue weighted by Crippen LogP contribution is -2.46. The van der Waals surface area contributed by atoms with E-state index in [9.17, 15) is 0 Å². The minimum atomic E-state index is 1.37. The molecule has 1 fully saturated rings. The van der Waals surface area contributed by atoms with E-state index >= 15 is 0 Å². The minimum Gasteiger partial charge on any atom is -0.324 e. The van der Waals surface area contributed by atoms with Crippen LogP contribution in [0.4, 0.5) is 0 Å². The standard InChI is InChI=1S/C22H46N/c1-3-5-7-8-9-10-11-12-13-14-15-16-20-23(19-6-4-2)21-17-18-22-23/h3-22H2,1-2H3/q+1. The Kier molecular flexibility index (Phi) is 13.1. The lowest BCUT2D eigenvalue weighted by molar-refractivity contribution is -0.917. The molecule has 0 saturated carbocycles. The van der Waals surface area contributed by atoms with Gasteiger partial charge in [0.05, 0.1) is 26.2 Å². The smallest absolute Gasteiger partial charge is 0.0788 e. The van der Waals surface area contributed by atoms with Crippen molar-refractivity contribution in [3.8, 4) is 0 Å². The number of hydrogen-bond donors (Lipinski definition) is 0. The van der Waals surface area contributed by atoms with Crippen molar-refractivity contribution in [2.45, 2.75) is 117 Å². The summed E-state index contributed by atoms with van der Waals surface area (Å²) >= 11 is 0. The summed E-state index contributed by atoms with van der Waals surface area (Å²) in [4.78, 5) is 0. The van der Waals surface area contributed by atoms with E-state index < -0.39 is 0 Å². The molecule has 138 valence electrons. The van der Waals surface area contributed by atoms with Crippen LogP contribution in [-0.4, -0.2) is 30.7 Å². The number of nitrogens with zero attached hydrogens (tertiary/aromatic N) is 1. The van der Waals surface area contributed by atoms with E-state index in [0.29, 0.717) is 0 Å². The Morgan fingerprint density at radius 3 is 1.35 bits per heavy atom. The zero-order chi connectivity index (χ0) is 16.6. The maximum absolute atomic E-state index is 2.34. The summed E-state index contributed by atoms with van der Waals surface area (Å²) < 4.78 is 1.48. The minimum absolute atomic E-state index is 1.37. The first-order valence-corrected chi connectivity index (χ1v) is 11.2. The Hall–Kier alpha value is -0.0400. The molecule has 0 aromatic rings. The third-order valence-electron chi connectivity index (χ3n) is 5.99. The Balaban J connectivity index is 1.88. The van der Waals surface area contributed by atoms with Gasteiger partial charge in [-0.25, -0.2) is 0 Å². The van der Waals surface area contributed by atoms with Gasteiger partial charge < -0.3 is 4.48 Å². The number of hydrogen-bond acceptors (Lipinski definition) is 0. The molecule has 0 spiro atoms. The monoisotopic (exact) mass is 324 g/mol. The molecule has 1 rings (SSSR count). The van der Waals surface area contributed by atoms with Crippen molar-refractivity contribution < 1.29 is 4.48 Å². The van der Waals surface area contributed by atoms with Crippen LogP contribution >= 0.6 is 0 Å². The van der Waals surface area contributed by atoms with Crippen LogP contribution in [0, 0.1) is 0 Å². The fourth-order valence-corrected chi connectivity index (χ4v) is 4.35. The van der Waals surface area contributed by atoms with Crippen LogP contribution in [0.5, 0.6) is 0 Å². The quantitative estimate of drug-likeness (QED) is 0.210. The van der Waals surface area contributed by atoms with Gasteiger partial charge in [-0.2, -0.15) is 0 Å². The largest absolute Gasteiger partial charge is 0.324 e. The van der Waals surface area contributed by atoms with Gasteiger partial charge in [0.2, 0.25) is 0 Å². The van der Waals surface area contributed by atoms with E-state index in [4.69, 9.17) is 0 Å². The SMILES string of the molecule is CCCCCCCCCCCCCC[N+]1(CCCC)CCCC1. The van der Waals surface area contributed by atoms with Gasteiger partial charge in [-0.3, -0.25) is 0 Å². The maximum Gasteiger partial charge on any atom is 0.0788 e. The molecule has 0 bridgehead atoms. The first kappa shape index (κ1) is 21.0. The summed E-state index contributed by atoms with van der Waals surface area (Å²) in [5, 5.41) is 0. The molecule has 23 heavy (non-hydrogen) atoms. The fraction of sp³-hybridized carbons (Fsp3) is 1.00. The van der Waals surface area contributed by atoms with Crippen molar-refractivity contribution in [2.24, 2.45) is 0 Å². The summed E-state index contributed by atoms with van der Waals surface area (Å²) in [7, 11) is 0. The average molecular weight is 325 g/mol. The van der Waals surface area contributed by atoms with Crippen LogP contribution in [0.1, 0.15) is 117 Å². The summed E-state index contributed by atoms with van der Waals surface area (Å²) in [6.07, 6.45) is 23.5. The van der Waals surface area contributed by atoms with E-state index in [0.717, 1.165) is 0 Å². The molecule has 0 aliphatic carbocycles. The summed E-state index contributed by atoms with van der Waals surface area (Å²) in [5.41, 5.74) is 0. The first-order valence-electron chi connectivity index (χ1n) is 11.2. The van der Waals surface area contributed by atoms with Gasteiger partial charge in [0.25, 0.3) is 0 Å². The lowest BCUT2D eigenvalue weighted by Gasteiger charge is -2.34. The molecule has 1 heterocycles. The van der Waals surface area contributed by atoms with Crippen LogP contribution in [-0.2, 0) is 0 Å². The lowest BCUT2D eigenvalue weighted by atomic mass is 10.0. The van der Waals surface area contributed by atoms with E-state index in [1.165, 1.54) is 133 Å². The van der Waals surface area contributed by atoms with Crippen LogP contribution < -0.4 is 0 Å². The van der Waals surface area contributed by atoms with Crippen LogP contribution in [0.2, 0.25) is 0 Å². The predicted octanol–water partition coefficient (Wildman–Crippen LogP) is 7.10. The molecule has 0 N–H and O–H groups in total. The molecule has 1 aliphatic heterocycles. The molecule has 0 aromatic heterocycles. The zero-order valence-corrected chi connectivity index (χ0v) is 16.6. The second-order valence-electron chi connectivity index (χ2n) is 8.19. The van der Waals surface area contributed by atoms with Crippen molar-refractivity contribution in [3.05, 3.63) is 0 Å². The summed E-state index contributed by atoms with van der Waals surface area (Å²) in [6, 6.07) is 0. The first-order chi connectivity index (χ1) is 11.3. The molecule has 1 heteroatoms. The number of unbranched alkanes of at least 4 members (excludes halogenated alkanes) is 12.